The average molecular weight is 548 g/mol. The van der Waals surface area contributed by atoms with Gasteiger partial charge in [-0.3, -0.25) is 9.59 Å². The summed E-state index contributed by atoms with van der Waals surface area (Å²) >= 11 is 3.21. The van der Waals surface area contributed by atoms with Gasteiger partial charge in [0.1, 0.15) is 31.5 Å². The van der Waals surface area contributed by atoms with Crippen LogP contribution in [0.25, 0.3) is 11.0 Å². The molecule has 9 heteroatoms. The summed E-state index contributed by atoms with van der Waals surface area (Å²) < 4.78 is 12.1. The van der Waals surface area contributed by atoms with Crippen molar-refractivity contribution >= 4 is 51.9 Å². The van der Waals surface area contributed by atoms with E-state index in [1.54, 1.807) is 6.07 Å². The number of rotatable bonds is 10. The number of benzene rings is 3. The number of furan rings is 1. The Labute approximate surface area is 217 Å². The molecular formula is C27H23BBrNO6. The Morgan fingerprint density at radius 3 is 2.50 bits per heavy atom. The van der Waals surface area contributed by atoms with Gasteiger partial charge < -0.3 is 25.1 Å². The molecule has 0 spiro atoms. The molecule has 0 aliphatic carbocycles. The minimum Gasteiger partial charge on any atom is -0.507 e. The zero-order valence-electron chi connectivity index (χ0n) is 19.3. The first-order valence-corrected chi connectivity index (χ1v) is 12.1. The lowest BCUT2D eigenvalue weighted by molar-refractivity contribution is -0.118. The number of carbonyl (C=O) groups excluding carboxylic acids is 2. The van der Waals surface area contributed by atoms with E-state index >= 15 is 0 Å². The van der Waals surface area contributed by atoms with E-state index in [0.29, 0.717) is 36.0 Å². The standard InChI is InChI=1S/C27H23BBrNO6/c28-18-10-16(11-19(29)27(18)34)26(33)25-17-12-20(31)23(35-14-15-6-2-1-3-7-15)13-22(17)36-21(25)8-4-5-9-24(30)32/h1-3,6-7,10-13,31,34H,4-5,8-9,14H2,(H2,30,32). The van der Waals surface area contributed by atoms with Crippen LogP contribution in [0.2, 0.25) is 0 Å². The van der Waals surface area contributed by atoms with E-state index in [0.717, 1.165) is 5.56 Å². The van der Waals surface area contributed by atoms with Gasteiger partial charge in [-0.2, -0.15) is 0 Å². The van der Waals surface area contributed by atoms with Crippen molar-refractivity contribution in [1.82, 2.24) is 0 Å². The fraction of sp³-hybridized carbons (Fsp3) is 0.185. The zero-order valence-corrected chi connectivity index (χ0v) is 20.9. The summed E-state index contributed by atoms with van der Waals surface area (Å²) in [5, 5.41) is 21.1. The predicted molar refractivity (Wildman–Crippen MR) is 140 cm³/mol. The molecule has 4 rings (SSSR count). The first kappa shape index (κ1) is 25.4. The van der Waals surface area contributed by atoms with Crippen LogP contribution >= 0.6 is 15.9 Å². The molecule has 0 aliphatic rings. The van der Waals surface area contributed by atoms with E-state index in [2.05, 4.69) is 15.9 Å². The second-order valence-electron chi connectivity index (χ2n) is 8.39. The fourth-order valence-electron chi connectivity index (χ4n) is 3.92. The van der Waals surface area contributed by atoms with Crippen LogP contribution in [0.5, 0.6) is 17.2 Å². The number of primary amides is 1. The number of phenols is 2. The Kier molecular flexibility index (Phi) is 7.69. The van der Waals surface area contributed by atoms with Gasteiger partial charge >= 0.3 is 0 Å². The highest BCUT2D eigenvalue weighted by Crippen LogP contribution is 2.38. The summed E-state index contributed by atoms with van der Waals surface area (Å²) in [6.07, 6.45) is 1.70. The van der Waals surface area contributed by atoms with Crippen LogP contribution in [-0.2, 0) is 17.8 Å². The van der Waals surface area contributed by atoms with Gasteiger partial charge in [-0.15, -0.1) is 0 Å². The molecule has 1 aromatic heterocycles. The van der Waals surface area contributed by atoms with Crippen molar-refractivity contribution in [1.29, 1.82) is 0 Å². The van der Waals surface area contributed by atoms with Crippen LogP contribution in [0.4, 0.5) is 0 Å². The van der Waals surface area contributed by atoms with Gasteiger partial charge in [0.05, 0.1) is 10.0 Å². The van der Waals surface area contributed by atoms with Gasteiger partial charge in [-0.25, -0.2) is 0 Å². The largest absolute Gasteiger partial charge is 0.507 e. The first-order valence-electron chi connectivity index (χ1n) is 11.3. The van der Waals surface area contributed by atoms with Crippen LogP contribution in [0.3, 0.4) is 0 Å². The van der Waals surface area contributed by atoms with Crippen LogP contribution in [0.1, 0.15) is 46.5 Å². The van der Waals surface area contributed by atoms with Crippen molar-refractivity contribution < 1.29 is 29.0 Å². The highest BCUT2D eigenvalue weighted by Gasteiger charge is 2.24. The molecular weight excluding hydrogens is 525 g/mol. The highest BCUT2D eigenvalue weighted by atomic mass is 79.9. The Morgan fingerprint density at radius 2 is 1.81 bits per heavy atom. The molecule has 0 unspecified atom stereocenters. The van der Waals surface area contributed by atoms with Gasteiger partial charge in [-0.05, 0) is 46.5 Å². The molecule has 4 N–H and O–H groups in total. The summed E-state index contributed by atoms with van der Waals surface area (Å²) in [6, 6.07) is 15.4. The van der Waals surface area contributed by atoms with E-state index in [4.69, 9.17) is 22.7 Å². The highest BCUT2D eigenvalue weighted by molar-refractivity contribution is 9.10. The minimum atomic E-state index is -0.398. The number of hydrogen-bond donors (Lipinski definition) is 3. The van der Waals surface area contributed by atoms with Crippen LogP contribution in [0.15, 0.2) is 63.5 Å². The number of aryl methyl sites for hydroxylation is 1. The van der Waals surface area contributed by atoms with Gasteiger partial charge in [0.15, 0.2) is 17.3 Å². The monoisotopic (exact) mass is 547 g/mol. The molecule has 0 bridgehead atoms. The molecule has 2 radical (unpaired) electrons. The van der Waals surface area contributed by atoms with E-state index in [-0.39, 0.29) is 57.1 Å². The lowest BCUT2D eigenvalue weighted by Crippen LogP contribution is -2.11. The Balaban J connectivity index is 1.72. The maximum absolute atomic E-state index is 13.6. The van der Waals surface area contributed by atoms with Crippen LogP contribution in [-0.4, -0.2) is 29.7 Å². The summed E-state index contributed by atoms with van der Waals surface area (Å²) in [4.78, 5) is 24.7. The molecule has 4 aromatic rings. The predicted octanol–water partition coefficient (Wildman–Crippen LogP) is 4.41. The molecule has 0 aliphatic heterocycles. The molecule has 182 valence electrons. The zero-order chi connectivity index (χ0) is 25.8. The van der Waals surface area contributed by atoms with Crippen molar-refractivity contribution in [2.24, 2.45) is 5.73 Å². The number of hydrogen-bond acceptors (Lipinski definition) is 6. The molecule has 0 saturated heterocycles. The number of ketones is 1. The number of carbonyl (C=O) groups is 2. The SMILES string of the molecule is [B]c1cc(C(=O)c2c(CCCCC(N)=O)oc3cc(OCc4ccccc4)c(O)cc23)cc(Br)c1O. The van der Waals surface area contributed by atoms with Gasteiger partial charge in [0.25, 0.3) is 0 Å². The maximum atomic E-state index is 13.6. The van der Waals surface area contributed by atoms with E-state index in [9.17, 15) is 19.8 Å². The lowest BCUT2D eigenvalue weighted by atomic mass is 9.90. The molecule has 7 nitrogen and oxygen atoms in total. The molecule has 1 amide bonds. The molecule has 0 fully saturated rings. The van der Waals surface area contributed by atoms with Crippen molar-refractivity contribution in [2.75, 3.05) is 0 Å². The van der Waals surface area contributed by atoms with Crippen LogP contribution < -0.4 is 15.9 Å². The lowest BCUT2D eigenvalue weighted by Gasteiger charge is -2.09. The molecule has 36 heavy (non-hydrogen) atoms. The third-order valence-corrected chi connectivity index (χ3v) is 6.34. The van der Waals surface area contributed by atoms with Crippen molar-refractivity contribution in [3.8, 4) is 17.2 Å². The Bertz CT molecular complexity index is 1410. The summed E-state index contributed by atoms with van der Waals surface area (Å²) in [5.74, 6) is -0.459. The molecule has 0 saturated carbocycles. The second kappa shape index (κ2) is 10.9. The first-order chi connectivity index (χ1) is 17.2. The van der Waals surface area contributed by atoms with Crippen molar-refractivity contribution in [2.45, 2.75) is 32.3 Å². The van der Waals surface area contributed by atoms with E-state index in [1.807, 2.05) is 30.3 Å². The topological polar surface area (TPSA) is 123 Å². The number of ether oxygens (including phenoxy) is 1. The quantitative estimate of drug-likeness (QED) is 0.153. The number of phenolic OH excluding ortho intramolecular Hbond substituents is 2. The van der Waals surface area contributed by atoms with E-state index < -0.39 is 5.91 Å². The van der Waals surface area contributed by atoms with Gasteiger partial charge in [-0.1, -0.05) is 41.9 Å². The molecule has 1 heterocycles. The van der Waals surface area contributed by atoms with E-state index in [1.165, 1.54) is 18.2 Å². The second-order valence-corrected chi connectivity index (χ2v) is 9.24. The maximum Gasteiger partial charge on any atom is 0.217 e. The smallest absolute Gasteiger partial charge is 0.217 e. The number of halogens is 1. The Morgan fingerprint density at radius 1 is 1.06 bits per heavy atom. The van der Waals surface area contributed by atoms with Crippen molar-refractivity contribution in [3.05, 3.63) is 81.5 Å². The van der Waals surface area contributed by atoms with Crippen molar-refractivity contribution in [3.63, 3.8) is 0 Å². The van der Waals surface area contributed by atoms with Gasteiger partial charge in [0, 0.05) is 29.9 Å². The van der Waals surface area contributed by atoms with Crippen LogP contribution in [0, 0.1) is 0 Å². The third-order valence-electron chi connectivity index (χ3n) is 5.74. The Hall–Kier alpha value is -3.72. The van der Waals surface area contributed by atoms with Gasteiger partial charge in [0.2, 0.25) is 5.91 Å². The summed E-state index contributed by atoms with van der Waals surface area (Å²) in [7, 11) is 5.86. The molecule has 0 atom stereocenters. The molecule has 3 aromatic carbocycles. The number of fused-ring (bicyclic) bond motifs is 1. The number of aromatic hydroxyl groups is 2. The summed E-state index contributed by atoms with van der Waals surface area (Å²) in [5.41, 5.74) is 7.09. The number of nitrogens with two attached hydrogens (primary N) is 1. The number of unbranched alkanes of at least 4 members (excludes halogenated alkanes) is 1. The fourth-order valence-corrected chi connectivity index (χ4v) is 4.40. The number of amides is 1. The summed E-state index contributed by atoms with van der Waals surface area (Å²) in [6.45, 7) is 0.243. The normalized spacial score (nSPS) is 11.0. The third kappa shape index (κ3) is 5.57. The average Bonchev–Trinajstić information content (AvgIpc) is 3.20. The minimum absolute atomic E-state index is 0.0444.